The van der Waals surface area contributed by atoms with Crippen LogP contribution >= 0.6 is 0 Å². The van der Waals surface area contributed by atoms with Crippen molar-refractivity contribution in [3.63, 3.8) is 0 Å². The Morgan fingerprint density at radius 2 is 2.00 bits per heavy atom. The van der Waals surface area contributed by atoms with Gasteiger partial charge in [0.15, 0.2) is 5.78 Å². The molecule has 25 heavy (non-hydrogen) atoms. The first-order valence-corrected chi connectivity index (χ1v) is 9.25. The van der Waals surface area contributed by atoms with E-state index in [1.165, 1.54) is 18.2 Å². The van der Waals surface area contributed by atoms with Gasteiger partial charge >= 0.3 is 0 Å². The van der Waals surface area contributed by atoms with Gasteiger partial charge in [0.1, 0.15) is 0 Å². The summed E-state index contributed by atoms with van der Waals surface area (Å²) in [4.78, 5) is 12.8. The molecule has 4 nitrogen and oxygen atoms in total. The molecular formula is C21H28N2O2. The summed E-state index contributed by atoms with van der Waals surface area (Å²) in [5.41, 5.74) is 5.04. The van der Waals surface area contributed by atoms with Crippen molar-refractivity contribution in [2.45, 2.75) is 64.8 Å². The van der Waals surface area contributed by atoms with E-state index in [1.807, 2.05) is 19.1 Å². The van der Waals surface area contributed by atoms with Crippen LogP contribution in [0.5, 0.6) is 0 Å². The Morgan fingerprint density at radius 3 is 2.68 bits per heavy atom. The number of aryl methyl sites for hydroxylation is 1. The number of ketones is 1. The summed E-state index contributed by atoms with van der Waals surface area (Å²) < 4.78 is 0. The fraction of sp³-hybridized carbons (Fsp3) is 0.524. The molecule has 1 aromatic rings. The largest absolute Gasteiger partial charge is 0.411 e. The average Bonchev–Trinajstić information content (AvgIpc) is 2.56. The monoisotopic (exact) mass is 340 g/mol. The van der Waals surface area contributed by atoms with Crippen LogP contribution in [0.25, 0.3) is 5.70 Å². The number of fused-ring (bicyclic) bond motifs is 1. The fourth-order valence-corrected chi connectivity index (χ4v) is 4.10. The Morgan fingerprint density at radius 1 is 1.28 bits per heavy atom. The number of nitrogens with one attached hydrogen (secondary N) is 1. The van der Waals surface area contributed by atoms with Gasteiger partial charge in [0, 0.05) is 28.8 Å². The van der Waals surface area contributed by atoms with Crippen molar-refractivity contribution in [3.05, 3.63) is 40.5 Å². The SMILES string of the molecule is Cc1cc2c(cc1/C=N/O)/C(=C/C(=O)C1CCCCC1)NC(C)(C)C2. The second-order valence-electron chi connectivity index (χ2n) is 8.09. The van der Waals surface area contributed by atoms with Crippen molar-refractivity contribution >= 4 is 17.7 Å². The highest BCUT2D eigenvalue weighted by atomic mass is 16.4. The molecule has 0 radical (unpaired) electrons. The van der Waals surface area contributed by atoms with Crippen LogP contribution in [-0.2, 0) is 11.2 Å². The van der Waals surface area contributed by atoms with Gasteiger partial charge in [-0.2, -0.15) is 0 Å². The van der Waals surface area contributed by atoms with Gasteiger partial charge in [-0.25, -0.2) is 0 Å². The maximum atomic E-state index is 12.8. The highest BCUT2D eigenvalue weighted by molar-refractivity contribution is 5.99. The van der Waals surface area contributed by atoms with Crippen molar-refractivity contribution < 1.29 is 10.0 Å². The molecule has 2 aliphatic rings. The number of oxime groups is 1. The molecule has 1 heterocycles. The molecule has 0 spiro atoms. The Balaban J connectivity index is 2.00. The van der Waals surface area contributed by atoms with Gasteiger partial charge in [-0.15, -0.1) is 0 Å². The highest BCUT2D eigenvalue weighted by Gasteiger charge is 2.29. The lowest BCUT2D eigenvalue weighted by molar-refractivity contribution is -0.119. The molecule has 134 valence electrons. The first-order chi connectivity index (χ1) is 11.9. The van der Waals surface area contributed by atoms with Crippen LogP contribution in [0.3, 0.4) is 0 Å². The number of rotatable bonds is 3. The number of benzene rings is 1. The summed E-state index contributed by atoms with van der Waals surface area (Å²) in [5, 5.41) is 15.6. The summed E-state index contributed by atoms with van der Waals surface area (Å²) >= 11 is 0. The Kier molecular flexibility index (Phi) is 4.98. The Bertz CT molecular complexity index is 726. The molecule has 0 bridgehead atoms. The van der Waals surface area contributed by atoms with Crippen LogP contribution < -0.4 is 5.32 Å². The predicted molar refractivity (Wildman–Crippen MR) is 101 cm³/mol. The van der Waals surface area contributed by atoms with Crippen LogP contribution in [0.2, 0.25) is 0 Å². The summed E-state index contributed by atoms with van der Waals surface area (Å²) in [6.45, 7) is 6.34. The minimum absolute atomic E-state index is 0.0926. The molecule has 1 aromatic carbocycles. The third-order valence-electron chi connectivity index (χ3n) is 5.38. The topological polar surface area (TPSA) is 61.7 Å². The molecule has 4 heteroatoms. The standard InChI is InChI=1S/C21H28N2O2/c1-14-9-16-12-21(2,3)23-19(18(16)10-17(14)13-22-25)11-20(24)15-7-5-4-6-8-15/h9-11,13,15,23,25H,4-8,12H2,1-3H3/b19-11-,22-13+. The molecule has 0 saturated heterocycles. The third-order valence-corrected chi connectivity index (χ3v) is 5.38. The summed E-state index contributed by atoms with van der Waals surface area (Å²) in [7, 11) is 0. The van der Waals surface area contributed by atoms with Gasteiger partial charge in [0.05, 0.1) is 6.21 Å². The number of carbonyl (C=O) groups is 1. The van der Waals surface area contributed by atoms with Crippen molar-refractivity contribution in [1.29, 1.82) is 0 Å². The zero-order valence-electron chi connectivity index (χ0n) is 15.4. The summed E-state index contributed by atoms with van der Waals surface area (Å²) in [6, 6.07) is 4.17. The van der Waals surface area contributed by atoms with E-state index in [1.54, 1.807) is 0 Å². The molecule has 2 N–H and O–H groups in total. The number of allylic oxidation sites excluding steroid dienone is 1. The van der Waals surface area contributed by atoms with Gasteiger partial charge in [0.25, 0.3) is 0 Å². The fourth-order valence-electron chi connectivity index (χ4n) is 4.10. The molecule has 0 unspecified atom stereocenters. The maximum absolute atomic E-state index is 12.8. The van der Waals surface area contributed by atoms with Crippen LogP contribution in [0.15, 0.2) is 23.4 Å². The molecule has 1 saturated carbocycles. The molecule has 0 amide bonds. The molecular weight excluding hydrogens is 312 g/mol. The Hall–Kier alpha value is -2.10. The van der Waals surface area contributed by atoms with E-state index in [-0.39, 0.29) is 17.2 Å². The Labute approximate surface area is 150 Å². The number of carbonyl (C=O) groups excluding carboxylic acids is 1. The van der Waals surface area contributed by atoms with Crippen LogP contribution in [0.1, 0.15) is 68.2 Å². The number of hydrogen-bond donors (Lipinski definition) is 2. The van der Waals surface area contributed by atoms with Crippen molar-refractivity contribution in [1.82, 2.24) is 5.32 Å². The molecule has 1 aliphatic carbocycles. The van der Waals surface area contributed by atoms with E-state index >= 15 is 0 Å². The minimum Gasteiger partial charge on any atom is -0.411 e. The second kappa shape index (κ2) is 7.03. The molecule has 0 aromatic heterocycles. The first-order valence-electron chi connectivity index (χ1n) is 9.25. The van der Waals surface area contributed by atoms with Gasteiger partial charge in [-0.1, -0.05) is 30.5 Å². The normalized spacial score (nSPS) is 22.0. The first kappa shape index (κ1) is 17.7. The molecule has 1 fully saturated rings. The second-order valence-corrected chi connectivity index (χ2v) is 8.09. The quantitative estimate of drug-likeness (QED) is 0.375. The lowest BCUT2D eigenvalue weighted by Gasteiger charge is -2.36. The van der Waals surface area contributed by atoms with Crippen LogP contribution in [0.4, 0.5) is 0 Å². The van der Waals surface area contributed by atoms with Crippen molar-refractivity contribution in [3.8, 4) is 0 Å². The van der Waals surface area contributed by atoms with E-state index in [0.717, 1.165) is 54.5 Å². The van der Waals surface area contributed by atoms with Crippen LogP contribution in [0, 0.1) is 12.8 Å². The van der Waals surface area contributed by atoms with E-state index in [2.05, 4.69) is 30.4 Å². The highest BCUT2D eigenvalue weighted by Crippen LogP contribution is 2.33. The van der Waals surface area contributed by atoms with Gasteiger partial charge in [0.2, 0.25) is 0 Å². The van der Waals surface area contributed by atoms with Crippen molar-refractivity contribution in [2.75, 3.05) is 0 Å². The number of nitrogens with zero attached hydrogens (tertiary/aromatic N) is 1. The van der Waals surface area contributed by atoms with E-state index < -0.39 is 0 Å². The lowest BCUT2D eigenvalue weighted by atomic mass is 9.82. The lowest BCUT2D eigenvalue weighted by Crippen LogP contribution is -2.44. The summed E-state index contributed by atoms with van der Waals surface area (Å²) in [5.74, 6) is 0.407. The zero-order valence-corrected chi connectivity index (χ0v) is 15.4. The predicted octanol–water partition coefficient (Wildman–Crippen LogP) is 4.22. The molecule has 0 atom stereocenters. The van der Waals surface area contributed by atoms with Gasteiger partial charge < -0.3 is 10.5 Å². The molecule has 3 rings (SSSR count). The minimum atomic E-state index is -0.0926. The zero-order chi connectivity index (χ0) is 18.0. The number of hydrogen-bond acceptors (Lipinski definition) is 4. The van der Waals surface area contributed by atoms with Gasteiger partial charge in [-0.3, -0.25) is 4.79 Å². The van der Waals surface area contributed by atoms with E-state index in [9.17, 15) is 4.79 Å². The van der Waals surface area contributed by atoms with Crippen LogP contribution in [-0.4, -0.2) is 22.7 Å². The maximum Gasteiger partial charge on any atom is 0.160 e. The van der Waals surface area contributed by atoms with E-state index in [0.29, 0.717) is 0 Å². The third kappa shape index (κ3) is 3.94. The van der Waals surface area contributed by atoms with Crippen molar-refractivity contribution in [2.24, 2.45) is 11.1 Å². The average molecular weight is 340 g/mol. The summed E-state index contributed by atoms with van der Waals surface area (Å²) in [6.07, 6.45) is 9.74. The van der Waals surface area contributed by atoms with Gasteiger partial charge in [-0.05, 0) is 62.8 Å². The smallest absolute Gasteiger partial charge is 0.160 e. The van der Waals surface area contributed by atoms with E-state index in [4.69, 9.17) is 5.21 Å². The molecule has 1 aliphatic heterocycles.